The van der Waals surface area contributed by atoms with E-state index < -0.39 is 11.4 Å². The van der Waals surface area contributed by atoms with Gasteiger partial charge in [0, 0.05) is 0 Å². The number of benzene rings is 2. The molecule has 0 aromatic heterocycles. The zero-order valence-corrected chi connectivity index (χ0v) is 11.7. The number of hydrogen-bond acceptors (Lipinski definition) is 2. The molecule has 0 saturated carbocycles. The van der Waals surface area contributed by atoms with Crippen LogP contribution in [0.3, 0.4) is 0 Å². The minimum Gasteiger partial charge on any atom is -0.481 e. The van der Waals surface area contributed by atoms with Gasteiger partial charge in [-0.2, -0.15) is 0 Å². The average molecular weight is 282 g/mol. The number of carbonyl (C=O) groups is 1. The van der Waals surface area contributed by atoms with Crippen LogP contribution in [0.2, 0.25) is 0 Å². The quantitative estimate of drug-likeness (QED) is 0.906. The number of carboxylic acids is 1. The lowest BCUT2D eigenvalue weighted by molar-refractivity contribution is -0.148. The number of rotatable bonds is 4. The molecular weight excluding hydrogens is 264 g/mol. The van der Waals surface area contributed by atoms with E-state index in [-0.39, 0.29) is 6.61 Å². The van der Waals surface area contributed by atoms with Crippen LogP contribution in [0.5, 0.6) is 0 Å². The molecule has 0 heterocycles. The lowest BCUT2D eigenvalue weighted by Crippen LogP contribution is -2.34. The second kappa shape index (κ2) is 5.34. The van der Waals surface area contributed by atoms with E-state index in [0.717, 1.165) is 22.3 Å². The fraction of sp³-hybridized carbons (Fsp3) is 0.278. The number of aliphatic hydroxyl groups excluding tert-OH is 1. The van der Waals surface area contributed by atoms with Crippen molar-refractivity contribution in [1.82, 2.24) is 0 Å². The number of aliphatic carboxylic acids is 1. The average Bonchev–Trinajstić information content (AvgIpc) is 2.87. The third-order valence-corrected chi connectivity index (χ3v) is 4.38. The smallest absolute Gasteiger partial charge is 0.310 e. The van der Waals surface area contributed by atoms with Crippen LogP contribution >= 0.6 is 0 Å². The van der Waals surface area contributed by atoms with Crippen LogP contribution < -0.4 is 0 Å². The van der Waals surface area contributed by atoms with Crippen LogP contribution in [0.1, 0.15) is 22.3 Å². The molecule has 1 aliphatic rings. The molecule has 2 aromatic carbocycles. The van der Waals surface area contributed by atoms with Crippen molar-refractivity contribution in [2.75, 3.05) is 0 Å². The van der Waals surface area contributed by atoms with Gasteiger partial charge in [-0.25, -0.2) is 0 Å². The van der Waals surface area contributed by atoms with Crippen LogP contribution in [-0.4, -0.2) is 16.2 Å². The minimum atomic E-state index is -0.746. The standard InChI is InChI=1S/C18H18O3/c19-12-14-7-5-13(6-8-14)9-18(17(20)21)10-15-3-1-2-4-16(15)11-18/h1-8,19H,9-12H2,(H,20,21). The Kier molecular flexibility index (Phi) is 3.52. The van der Waals surface area contributed by atoms with Gasteiger partial charge in [0.25, 0.3) is 0 Å². The molecule has 3 rings (SSSR count). The van der Waals surface area contributed by atoms with Crippen molar-refractivity contribution >= 4 is 5.97 Å². The van der Waals surface area contributed by atoms with E-state index in [1.807, 2.05) is 48.5 Å². The highest BCUT2D eigenvalue weighted by atomic mass is 16.4. The zero-order valence-electron chi connectivity index (χ0n) is 11.7. The molecular formula is C18H18O3. The van der Waals surface area contributed by atoms with Crippen molar-refractivity contribution in [3.63, 3.8) is 0 Å². The van der Waals surface area contributed by atoms with Crippen molar-refractivity contribution in [3.05, 3.63) is 70.8 Å². The monoisotopic (exact) mass is 282 g/mol. The molecule has 0 saturated heterocycles. The Bertz CT molecular complexity index is 633. The van der Waals surface area contributed by atoms with Crippen molar-refractivity contribution < 1.29 is 15.0 Å². The predicted molar refractivity (Wildman–Crippen MR) is 80.0 cm³/mol. The predicted octanol–water partition coefficient (Wildman–Crippen LogP) is 2.59. The van der Waals surface area contributed by atoms with Crippen LogP contribution in [0.25, 0.3) is 0 Å². The van der Waals surface area contributed by atoms with Gasteiger partial charge >= 0.3 is 5.97 Å². The second-order valence-electron chi connectivity index (χ2n) is 5.86. The lowest BCUT2D eigenvalue weighted by atomic mass is 9.79. The third-order valence-electron chi connectivity index (χ3n) is 4.38. The minimum absolute atomic E-state index is 0.00972. The molecule has 2 aromatic rings. The Morgan fingerprint density at radius 3 is 1.95 bits per heavy atom. The van der Waals surface area contributed by atoms with Gasteiger partial charge < -0.3 is 10.2 Å². The van der Waals surface area contributed by atoms with E-state index >= 15 is 0 Å². The summed E-state index contributed by atoms with van der Waals surface area (Å²) < 4.78 is 0. The highest BCUT2D eigenvalue weighted by Gasteiger charge is 2.43. The molecule has 0 amide bonds. The number of carboxylic acid groups (broad SMARTS) is 1. The molecule has 3 nitrogen and oxygen atoms in total. The van der Waals surface area contributed by atoms with Gasteiger partial charge in [-0.05, 0) is 41.5 Å². The molecule has 3 heteroatoms. The van der Waals surface area contributed by atoms with E-state index in [4.69, 9.17) is 5.11 Å². The van der Waals surface area contributed by atoms with Gasteiger partial charge in [-0.1, -0.05) is 48.5 Å². The summed E-state index contributed by atoms with van der Waals surface area (Å²) in [5.74, 6) is -0.732. The Hall–Kier alpha value is -2.13. The van der Waals surface area contributed by atoms with E-state index in [0.29, 0.717) is 19.3 Å². The molecule has 0 radical (unpaired) electrons. The summed E-state index contributed by atoms with van der Waals surface area (Å²) in [6.45, 7) is 0.00972. The normalized spacial score (nSPS) is 15.7. The van der Waals surface area contributed by atoms with Gasteiger partial charge in [0.2, 0.25) is 0 Å². The van der Waals surface area contributed by atoms with Crippen molar-refractivity contribution in [2.24, 2.45) is 5.41 Å². The Morgan fingerprint density at radius 2 is 1.48 bits per heavy atom. The summed E-state index contributed by atoms with van der Waals surface area (Å²) in [6, 6.07) is 15.5. The van der Waals surface area contributed by atoms with Crippen molar-refractivity contribution in [1.29, 1.82) is 0 Å². The molecule has 0 atom stereocenters. The highest BCUT2D eigenvalue weighted by molar-refractivity contribution is 5.77. The van der Waals surface area contributed by atoms with Crippen molar-refractivity contribution in [2.45, 2.75) is 25.9 Å². The maximum Gasteiger partial charge on any atom is 0.310 e. The molecule has 0 spiro atoms. The van der Waals surface area contributed by atoms with Crippen LogP contribution in [0, 0.1) is 5.41 Å². The summed E-state index contributed by atoms with van der Waals surface area (Å²) >= 11 is 0. The molecule has 21 heavy (non-hydrogen) atoms. The molecule has 108 valence electrons. The van der Waals surface area contributed by atoms with Crippen LogP contribution in [0.15, 0.2) is 48.5 Å². The lowest BCUT2D eigenvalue weighted by Gasteiger charge is -2.24. The zero-order chi connectivity index (χ0) is 14.9. The fourth-order valence-corrected chi connectivity index (χ4v) is 3.20. The first-order valence-electron chi connectivity index (χ1n) is 7.12. The highest BCUT2D eigenvalue weighted by Crippen LogP contribution is 2.40. The molecule has 1 aliphatic carbocycles. The van der Waals surface area contributed by atoms with E-state index in [1.165, 1.54) is 0 Å². The van der Waals surface area contributed by atoms with Gasteiger partial charge in [-0.3, -0.25) is 4.79 Å². The maximum atomic E-state index is 11.9. The van der Waals surface area contributed by atoms with Gasteiger partial charge in [0.15, 0.2) is 0 Å². The van der Waals surface area contributed by atoms with Gasteiger partial charge in [0.05, 0.1) is 12.0 Å². The largest absolute Gasteiger partial charge is 0.481 e. The number of aliphatic hydroxyl groups is 1. The summed E-state index contributed by atoms with van der Waals surface area (Å²) in [7, 11) is 0. The van der Waals surface area contributed by atoms with Crippen LogP contribution in [-0.2, 0) is 30.7 Å². The first kappa shape index (κ1) is 13.8. The van der Waals surface area contributed by atoms with Crippen LogP contribution in [0.4, 0.5) is 0 Å². The number of fused-ring (bicyclic) bond motifs is 1. The Balaban J connectivity index is 1.88. The SMILES string of the molecule is O=C(O)C1(Cc2ccc(CO)cc2)Cc2ccccc2C1. The fourth-order valence-electron chi connectivity index (χ4n) is 3.20. The third kappa shape index (κ3) is 2.57. The summed E-state index contributed by atoms with van der Waals surface area (Å²) in [6.07, 6.45) is 1.68. The van der Waals surface area contributed by atoms with E-state index in [1.54, 1.807) is 0 Å². The number of hydrogen-bond donors (Lipinski definition) is 2. The van der Waals surface area contributed by atoms with Crippen molar-refractivity contribution in [3.8, 4) is 0 Å². The second-order valence-corrected chi connectivity index (χ2v) is 5.86. The van der Waals surface area contributed by atoms with Gasteiger partial charge in [-0.15, -0.1) is 0 Å². The van der Waals surface area contributed by atoms with E-state index in [9.17, 15) is 9.90 Å². The summed E-state index contributed by atoms with van der Waals surface area (Å²) in [5.41, 5.74) is 3.39. The Labute approximate surface area is 123 Å². The molecule has 0 aliphatic heterocycles. The topological polar surface area (TPSA) is 57.5 Å². The van der Waals surface area contributed by atoms with Gasteiger partial charge in [0.1, 0.15) is 0 Å². The first-order chi connectivity index (χ1) is 10.1. The molecule has 2 N–H and O–H groups in total. The molecule has 0 fully saturated rings. The maximum absolute atomic E-state index is 11.9. The summed E-state index contributed by atoms with van der Waals surface area (Å²) in [4.78, 5) is 11.9. The Morgan fingerprint density at radius 1 is 0.952 bits per heavy atom. The first-order valence-corrected chi connectivity index (χ1v) is 7.12. The molecule has 0 bridgehead atoms. The summed E-state index contributed by atoms with van der Waals surface area (Å²) in [5, 5.41) is 18.8. The molecule has 0 unspecified atom stereocenters. The van der Waals surface area contributed by atoms with E-state index in [2.05, 4.69) is 0 Å².